The lowest BCUT2D eigenvalue weighted by Crippen LogP contribution is -2.42. The minimum atomic E-state index is 0.164. The van der Waals surface area contributed by atoms with E-state index in [9.17, 15) is 0 Å². The molecule has 0 aliphatic carbocycles. The predicted molar refractivity (Wildman–Crippen MR) is 78.0 cm³/mol. The van der Waals surface area contributed by atoms with Crippen molar-refractivity contribution in [2.75, 3.05) is 26.9 Å². The lowest BCUT2D eigenvalue weighted by atomic mass is 9.85. The minimum absolute atomic E-state index is 0.164. The van der Waals surface area contributed by atoms with Crippen LogP contribution in [0.5, 0.6) is 5.75 Å². The molecule has 1 aliphatic rings. The maximum atomic E-state index is 5.52. The van der Waals surface area contributed by atoms with Crippen LogP contribution in [-0.2, 0) is 16.6 Å². The molecule has 19 heavy (non-hydrogen) atoms. The minimum Gasteiger partial charge on any atom is -0.496 e. The fourth-order valence-electron chi connectivity index (χ4n) is 2.42. The van der Waals surface area contributed by atoms with Gasteiger partial charge in [0.1, 0.15) is 5.75 Å². The zero-order chi connectivity index (χ0) is 13.9. The normalized spacial score (nSPS) is 20.3. The molecule has 0 amide bonds. The molecular formula is C16H25NO2. The summed E-state index contributed by atoms with van der Waals surface area (Å²) < 4.78 is 11.0. The Morgan fingerprint density at radius 3 is 2.74 bits per heavy atom. The molecule has 0 bridgehead atoms. The zero-order valence-electron chi connectivity index (χ0n) is 12.5. The highest BCUT2D eigenvalue weighted by Crippen LogP contribution is 2.28. The molecule has 1 fully saturated rings. The maximum absolute atomic E-state index is 5.52. The van der Waals surface area contributed by atoms with Gasteiger partial charge in [0.05, 0.1) is 20.3 Å². The largest absolute Gasteiger partial charge is 0.496 e. The van der Waals surface area contributed by atoms with Crippen LogP contribution in [0.2, 0.25) is 0 Å². The highest BCUT2D eigenvalue weighted by molar-refractivity contribution is 5.40. The van der Waals surface area contributed by atoms with Gasteiger partial charge in [-0.3, -0.25) is 0 Å². The van der Waals surface area contributed by atoms with E-state index >= 15 is 0 Å². The van der Waals surface area contributed by atoms with Crippen LogP contribution < -0.4 is 10.1 Å². The first-order chi connectivity index (χ1) is 9.00. The first-order valence-corrected chi connectivity index (χ1v) is 6.99. The highest BCUT2D eigenvalue weighted by atomic mass is 16.5. The standard InChI is InChI=1S/C16H25NO2/c1-16(2,3)13-5-6-15(18-4)12(9-13)10-14-11-19-8-7-17-14/h5-6,9,14,17H,7-8,10-11H2,1-4H3. The molecule has 1 aliphatic heterocycles. The second kappa shape index (κ2) is 5.93. The number of hydrogen-bond donors (Lipinski definition) is 1. The van der Waals surface area contributed by atoms with Gasteiger partial charge >= 0.3 is 0 Å². The van der Waals surface area contributed by atoms with E-state index < -0.39 is 0 Å². The van der Waals surface area contributed by atoms with Gasteiger partial charge in [-0.2, -0.15) is 0 Å². The van der Waals surface area contributed by atoms with E-state index in [0.717, 1.165) is 31.9 Å². The summed E-state index contributed by atoms with van der Waals surface area (Å²) in [5.74, 6) is 0.973. The van der Waals surface area contributed by atoms with Crippen molar-refractivity contribution >= 4 is 0 Å². The van der Waals surface area contributed by atoms with Crippen LogP contribution in [0.1, 0.15) is 31.9 Å². The monoisotopic (exact) mass is 263 g/mol. The molecule has 1 aromatic carbocycles. The van der Waals surface area contributed by atoms with Gasteiger partial charge in [0.15, 0.2) is 0 Å². The van der Waals surface area contributed by atoms with Crippen molar-refractivity contribution in [3.8, 4) is 5.75 Å². The van der Waals surface area contributed by atoms with Crippen molar-refractivity contribution in [1.29, 1.82) is 0 Å². The quantitative estimate of drug-likeness (QED) is 0.909. The third kappa shape index (κ3) is 3.71. The summed E-state index contributed by atoms with van der Waals surface area (Å²) in [4.78, 5) is 0. The molecule has 1 saturated heterocycles. The zero-order valence-corrected chi connectivity index (χ0v) is 12.5. The number of nitrogens with one attached hydrogen (secondary N) is 1. The average molecular weight is 263 g/mol. The average Bonchev–Trinajstić information content (AvgIpc) is 2.39. The Balaban J connectivity index is 2.20. The third-order valence-corrected chi connectivity index (χ3v) is 3.61. The smallest absolute Gasteiger partial charge is 0.122 e. The number of morpholine rings is 1. The summed E-state index contributed by atoms with van der Waals surface area (Å²) >= 11 is 0. The summed E-state index contributed by atoms with van der Waals surface area (Å²) in [6.07, 6.45) is 0.951. The first kappa shape index (κ1) is 14.4. The lowest BCUT2D eigenvalue weighted by molar-refractivity contribution is 0.0768. The Labute approximate surface area is 116 Å². The van der Waals surface area contributed by atoms with E-state index in [0.29, 0.717) is 6.04 Å². The molecule has 106 valence electrons. The van der Waals surface area contributed by atoms with Gasteiger partial charge in [-0.25, -0.2) is 0 Å². The number of rotatable bonds is 3. The number of benzene rings is 1. The topological polar surface area (TPSA) is 30.5 Å². The summed E-state index contributed by atoms with van der Waals surface area (Å²) in [5.41, 5.74) is 2.77. The summed E-state index contributed by atoms with van der Waals surface area (Å²) in [5, 5.41) is 3.50. The summed E-state index contributed by atoms with van der Waals surface area (Å²) in [6.45, 7) is 9.24. The molecule has 1 N–H and O–H groups in total. The second-order valence-corrected chi connectivity index (χ2v) is 6.21. The van der Waals surface area contributed by atoms with Crippen molar-refractivity contribution in [2.45, 2.75) is 38.6 Å². The second-order valence-electron chi connectivity index (χ2n) is 6.21. The van der Waals surface area contributed by atoms with Crippen molar-refractivity contribution in [3.63, 3.8) is 0 Å². The molecular weight excluding hydrogens is 238 g/mol. The first-order valence-electron chi connectivity index (χ1n) is 6.99. The van der Waals surface area contributed by atoms with Crippen LogP contribution in [0.3, 0.4) is 0 Å². The van der Waals surface area contributed by atoms with E-state index in [4.69, 9.17) is 9.47 Å². The van der Waals surface area contributed by atoms with Gasteiger partial charge in [-0.15, -0.1) is 0 Å². The fourth-order valence-corrected chi connectivity index (χ4v) is 2.42. The van der Waals surface area contributed by atoms with Gasteiger partial charge < -0.3 is 14.8 Å². The molecule has 1 heterocycles. The molecule has 1 aromatic rings. The van der Waals surface area contributed by atoms with Gasteiger partial charge in [-0.1, -0.05) is 32.9 Å². The van der Waals surface area contributed by atoms with Crippen LogP contribution in [0.4, 0.5) is 0 Å². The van der Waals surface area contributed by atoms with Gasteiger partial charge in [0.2, 0.25) is 0 Å². The Kier molecular flexibility index (Phi) is 4.48. The Hall–Kier alpha value is -1.06. The van der Waals surface area contributed by atoms with E-state index in [1.54, 1.807) is 7.11 Å². The van der Waals surface area contributed by atoms with Crippen LogP contribution in [0, 0.1) is 0 Å². The van der Waals surface area contributed by atoms with Crippen molar-refractivity contribution in [2.24, 2.45) is 0 Å². The molecule has 3 nitrogen and oxygen atoms in total. The molecule has 0 saturated carbocycles. The third-order valence-electron chi connectivity index (χ3n) is 3.61. The molecule has 0 spiro atoms. The molecule has 1 atom stereocenters. The molecule has 0 aromatic heterocycles. The summed E-state index contributed by atoms with van der Waals surface area (Å²) in [6, 6.07) is 6.90. The summed E-state index contributed by atoms with van der Waals surface area (Å²) in [7, 11) is 1.74. The maximum Gasteiger partial charge on any atom is 0.122 e. The highest BCUT2D eigenvalue weighted by Gasteiger charge is 2.19. The van der Waals surface area contributed by atoms with E-state index in [1.165, 1.54) is 11.1 Å². The van der Waals surface area contributed by atoms with Crippen LogP contribution >= 0.6 is 0 Å². The number of ether oxygens (including phenoxy) is 2. The van der Waals surface area contributed by atoms with Crippen molar-refractivity contribution in [1.82, 2.24) is 5.32 Å². The van der Waals surface area contributed by atoms with E-state index in [2.05, 4.69) is 44.3 Å². The SMILES string of the molecule is COc1ccc(C(C)(C)C)cc1CC1COCCN1. The van der Waals surface area contributed by atoms with Gasteiger partial charge in [0.25, 0.3) is 0 Å². The lowest BCUT2D eigenvalue weighted by Gasteiger charge is -2.26. The van der Waals surface area contributed by atoms with E-state index in [-0.39, 0.29) is 5.41 Å². The number of methoxy groups -OCH3 is 1. The van der Waals surface area contributed by atoms with Gasteiger partial charge in [-0.05, 0) is 29.0 Å². The molecule has 2 rings (SSSR count). The van der Waals surface area contributed by atoms with Crippen LogP contribution in [-0.4, -0.2) is 32.9 Å². The molecule has 0 radical (unpaired) electrons. The fraction of sp³-hybridized carbons (Fsp3) is 0.625. The van der Waals surface area contributed by atoms with Crippen LogP contribution in [0.15, 0.2) is 18.2 Å². The van der Waals surface area contributed by atoms with Crippen molar-refractivity contribution in [3.05, 3.63) is 29.3 Å². The predicted octanol–water partition coefficient (Wildman–Crippen LogP) is 2.52. The Morgan fingerprint density at radius 2 is 2.16 bits per heavy atom. The molecule has 3 heteroatoms. The Bertz CT molecular complexity index is 417. The van der Waals surface area contributed by atoms with Crippen LogP contribution in [0.25, 0.3) is 0 Å². The molecule has 1 unspecified atom stereocenters. The van der Waals surface area contributed by atoms with Gasteiger partial charge in [0, 0.05) is 12.6 Å². The Morgan fingerprint density at radius 1 is 1.37 bits per heavy atom. The van der Waals surface area contributed by atoms with Crippen molar-refractivity contribution < 1.29 is 9.47 Å². The number of hydrogen-bond acceptors (Lipinski definition) is 3. The van der Waals surface area contributed by atoms with E-state index in [1.807, 2.05) is 0 Å².